The van der Waals surface area contributed by atoms with Gasteiger partial charge in [-0.15, -0.1) is 0 Å². The van der Waals surface area contributed by atoms with Crippen molar-refractivity contribution >= 4 is 17.8 Å². The van der Waals surface area contributed by atoms with E-state index in [-0.39, 0.29) is 12.0 Å². The van der Waals surface area contributed by atoms with Crippen molar-refractivity contribution in [1.29, 1.82) is 0 Å². The molecule has 0 aromatic rings. The molecule has 0 fully saturated rings. The van der Waals surface area contributed by atoms with Crippen LogP contribution in [0.2, 0.25) is 0 Å². The minimum absolute atomic E-state index is 0.159. The minimum Gasteiger partial charge on any atom is -0.461 e. The Hall–Kier alpha value is -1.85. The molecule has 2 aliphatic rings. The fourth-order valence-electron chi connectivity index (χ4n) is 2.69. The highest BCUT2D eigenvalue weighted by Crippen LogP contribution is 2.30. The highest BCUT2D eigenvalue weighted by Gasteiger charge is 2.36. The highest BCUT2D eigenvalue weighted by atomic mass is 16.6. The summed E-state index contributed by atoms with van der Waals surface area (Å²) in [7, 11) is 0. The Balaban J connectivity index is 2.15. The zero-order valence-electron chi connectivity index (χ0n) is 13.9. The van der Waals surface area contributed by atoms with Crippen LogP contribution in [-0.4, -0.2) is 54.5 Å². The van der Waals surface area contributed by atoms with Crippen LogP contribution in [-0.2, 0) is 14.3 Å². The molecule has 1 unspecified atom stereocenters. The van der Waals surface area contributed by atoms with E-state index in [1.807, 2.05) is 27.7 Å². The summed E-state index contributed by atoms with van der Waals surface area (Å²) in [6.45, 7) is 11.1. The van der Waals surface area contributed by atoms with Crippen LogP contribution in [0.3, 0.4) is 0 Å². The number of hydrogen-bond donors (Lipinski definition) is 0. The van der Waals surface area contributed by atoms with Crippen molar-refractivity contribution in [3.05, 3.63) is 11.1 Å². The van der Waals surface area contributed by atoms with Crippen molar-refractivity contribution in [2.24, 2.45) is 10.9 Å². The molecular weight excluding hydrogens is 284 g/mol. The van der Waals surface area contributed by atoms with Crippen molar-refractivity contribution < 1.29 is 19.1 Å². The first-order valence-corrected chi connectivity index (χ1v) is 7.64. The Morgan fingerprint density at radius 3 is 2.64 bits per heavy atom. The summed E-state index contributed by atoms with van der Waals surface area (Å²) < 4.78 is 10.5. The monoisotopic (exact) mass is 308 g/mol. The van der Waals surface area contributed by atoms with E-state index in [4.69, 9.17) is 9.47 Å². The maximum atomic E-state index is 12.3. The zero-order valence-corrected chi connectivity index (χ0v) is 13.9. The van der Waals surface area contributed by atoms with Gasteiger partial charge >= 0.3 is 12.1 Å². The van der Waals surface area contributed by atoms with Gasteiger partial charge in [0.15, 0.2) is 0 Å². The van der Waals surface area contributed by atoms with E-state index in [1.54, 1.807) is 11.8 Å². The summed E-state index contributed by atoms with van der Waals surface area (Å²) in [6, 6.07) is 0. The number of hydrogen-bond acceptors (Lipinski definition) is 5. The molecule has 2 aliphatic heterocycles. The number of nitrogens with zero attached hydrogens (tertiary/aromatic N) is 2. The highest BCUT2D eigenvalue weighted by molar-refractivity contribution is 6.44. The van der Waals surface area contributed by atoms with Crippen LogP contribution in [0.4, 0.5) is 4.79 Å². The molecule has 1 atom stereocenters. The van der Waals surface area contributed by atoms with Gasteiger partial charge in [0.25, 0.3) is 0 Å². The maximum Gasteiger partial charge on any atom is 0.410 e. The largest absolute Gasteiger partial charge is 0.461 e. The SMILES string of the molecule is CCOC(=O)C1=NCC2=C1CN(C(=O)OC(C)(C)C)CC2C. The van der Waals surface area contributed by atoms with Gasteiger partial charge in [-0.25, -0.2) is 9.59 Å². The lowest BCUT2D eigenvalue weighted by Gasteiger charge is -2.34. The first-order chi connectivity index (χ1) is 10.2. The van der Waals surface area contributed by atoms with Gasteiger partial charge in [-0.05, 0) is 39.2 Å². The van der Waals surface area contributed by atoms with Crippen molar-refractivity contribution in [3.63, 3.8) is 0 Å². The number of aliphatic imine (C=N–C) groups is 1. The third-order valence-electron chi connectivity index (χ3n) is 3.64. The minimum atomic E-state index is -0.539. The summed E-state index contributed by atoms with van der Waals surface area (Å²) in [4.78, 5) is 30.2. The Morgan fingerprint density at radius 2 is 2.05 bits per heavy atom. The second-order valence-electron chi connectivity index (χ2n) is 6.65. The topological polar surface area (TPSA) is 68.2 Å². The Kier molecular flexibility index (Phi) is 4.58. The maximum absolute atomic E-state index is 12.3. The second-order valence-corrected chi connectivity index (χ2v) is 6.65. The van der Waals surface area contributed by atoms with Crippen LogP contribution in [0.5, 0.6) is 0 Å². The molecule has 1 amide bonds. The fourth-order valence-corrected chi connectivity index (χ4v) is 2.69. The van der Waals surface area contributed by atoms with Crippen LogP contribution in [0.15, 0.2) is 16.1 Å². The average molecular weight is 308 g/mol. The third-order valence-corrected chi connectivity index (χ3v) is 3.64. The summed E-state index contributed by atoms with van der Waals surface area (Å²) in [5.41, 5.74) is 1.77. The third kappa shape index (κ3) is 3.48. The molecule has 0 N–H and O–H groups in total. The zero-order chi connectivity index (χ0) is 16.5. The van der Waals surface area contributed by atoms with Crippen LogP contribution in [0.25, 0.3) is 0 Å². The lowest BCUT2D eigenvalue weighted by atomic mass is 9.91. The van der Waals surface area contributed by atoms with Gasteiger partial charge in [-0.3, -0.25) is 4.99 Å². The van der Waals surface area contributed by atoms with E-state index in [0.717, 1.165) is 11.1 Å². The molecule has 0 bridgehead atoms. The number of esters is 1. The van der Waals surface area contributed by atoms with Crippen molar-refractivity contribution in [2.45, 2.75) is 40.2 Å². The van der Waals surface area contributed by atoms with Crippen LogP contribution >= 0.6 is 0 Å². The van der Waals surface area contributed by atoms with Crippen LogP contribution < -0.4 is 0 Å². The van der Waals surface area contributed by atoms with Crippen LogP contribution in [0, 0.1) is 5.92 Å². The van der Waals surface area contributed by atoms with Crippen molar-refractivity contribution in [3.8, 4) is 0 Å². The molecule has 22 heavy (non-hydrogen) atoms. The molecule has 0 spiro atoms. The summed E-state index contributed by atoms with van der Waals surface area (Å²) in [6.07, 6.45) is -0.360. The molecule has 0 aliphatic carbocycles. The van der Waals surface area contributed by atoms with E-state index in [2.05, 4.69) is 4.99 Å². The van der Waals surface area contributed by atoms with E-state index < -0.39 is 11.6 Å². The predicted octanol–water partition coefficient (Wildman–Crippen LogP) is 2.19. The molecule has 2 rings (SSSR count). The molecule has 6 nitrogen and oxygen atoms in total. The first-order valence-electron chi connectivity index (χ1n) is 7.64. The van der Waals surface area contributed by atoms with E-state index in [1.165, 1.54) is 0 Å². The molecular formula is C16H24N2O4. The van der Waals surface area contributed by atoms with Gasteiger partial charge in [-0.1, -0.05) is 6.92 Å². The molecule has 122 valence electrons. The van der Waals surface area contributed by atoms with Gasteiger partial charge in [0.1, 0.15) is 11.3 Å². The standard InChI is InChI=1S/C16H24N2O4/c1-6-21-14(19)13-12-9-18(15(20)22-16(3,4)5)8-10(2)11(12)7-17-13/h10H,6-9H2,1-5H3. The smallest absolute Gasteiger partial charge is 0.410 e. The Bertz CT molecular complexity index is 543. The average Bonchev–Trinajstić information content (AvgIpc) is 2.81. The molecule has 0 aromatic heterocycles. The van der Waals surface area contributed by atoms with Crippen molar-refractivity contribution in [2.75, 3.05) is 26.2 Å². The Labute approximate surface area is 131 Å². The number of rotatable bonds is 2. The quantitative estimate of drug-likeness (QED) is 0.733. The van der Waals surface area contributed by atoms with E-state index in [0.29, 0.717) is 32.0 Å². The lowest BCUT2D eigenvalue weighted by Crippen LogP contribution is -2.44. The number of amides is 1. The summed E-state index contributed by atoms with van der Waals surface area (Å²) in [5.74, 6) is -0.252. The van der Waals surface area contributed by atoms with Crippen molar-refractivity contribution in [1.82, 2.24) is 4.90 Å². The van der Waals surface area contributed by atoms with Gasteiger partial charge in [0.05, 0.1) is 19.7 Å². The molecule has 6 heteroatoms. The summed E-state index contributed by atoms with van der Waals surface area (Å²) >= 11 is 0. The van der Waals surface area contributed by atoms with E-state index in [9.17, 15) is 9.59 Å². The molecule has 0 saturated heterocycles. The number of carbonyl (C=O) groups is 2. The van der Waals surface area contributed by atoms with Gasteiger partial charge < -0.3 is 14.4 Å². The molecule has 0 aromatic carbocycles. The predicted molar refractivity (Wildman–Crippen MR) is 82.9 cm³/mol. The van der Waals surface area contributed by atoms with Crippen LogP contribution in [0.1, 0.15) is 34.6 Å². The first kappa shape index (κ1) is 16.5. The van der Waals surface area contributed by atoms with Gasteiger partial charge in [0.2, 0.25) is 0 Å². The summed E-state index contributed by atoms with van der Waals surface area (Å²) in [5, 5.41) is 0. The fraction of sp³-hybridized carbons (Fsp3) is 0.688. The lowest BCUT2D eigenvalue weighted by molar-refractivity contribution is -0.135. The van der Waals surface area contributed by atoms with Gasteiger partial charge in [0, 0.05) is 12.1 Å². The molecule has 0 saturated carbocycles. The van der Waals surface area contributed by atoms with Gasteiger partial charge in [-0.2, -0.15) is 0 Å². The molecule has 2 heterocycles. The normalized spacial score (nSPS) is 21.4. The Morgan fingerprint density at radius 1 is 1.36 bits per heavy atom. The number of ether oxygens (including phenoxy) is 2. The molecule has 0 radical (unpaired) electrons. The van der Waals surface area contributed by atoms with E-state index >= 15 is 0 Å². The second kappa shape index (κ2) is 6.10. The number of carbonyl (C=O) groups excluding carboxylic acids is 2.